The maximum atomic E-state index is 10.8. The van der Waals surface area contributed by atoms with E-state index in [1.807, 2.05) is 23.7 Å². The van der Waals surface area contributed by atoms with Gasteiger partial charge in [0.25, 0.3) is 0 Å². The number of aliphatic hydroxyl groups is 1. The van der Waals surface area contributed by atoms with Crippen LogP contribution in [0.4, 0.5) is 0 Å². The summed E-state index contributed by atoms with van der Waals surface area (Å²) in [5, 5.41) is 18.9. The predicted molar refractivity (Wildman–Crippen MR) is 94.3 cm³/mol. The van der Waals surface area contributed by atoms with E-state index in [2.05, 4.69) is 42.5 Å². The minimum atomic E-state index is -0.689. The van der Waals surface area contributed by atoms with Gasteiger partial charge in [0.2, 0.25) is 0 Å². The van der Waals surface area contributed by atoms with Crippen molar-refractivity contribution in [2.24, 2.45) is 0 Å². The average Bonchev–Trinajstić information content (AvgIpc) is 2.92. The number of rotatable bonds is 5. The van der Waals surface area contributed by atoms with E-state index in [9.17, 15) is 5.11 Å². The molecule has 0 radical (unpaired) electrons. The Balaban J connectivity index is 1.75. The zero-order valence-corrected chi connectivity index (χ0v) is 14.7. The fourth-order valence-electron chi connectivity index (χ4n) is 3.35. The van der Waals surface area contributed by atoms with Crippen molar-refractivity contribution in [1.82, 2.24) is 15.1 Å². The van der Waals surface area contributed by atoms with Gasteiger partial charge in [0, 0.05) is 44.3 Å². The summed E-state index contributed by atoms with van der Waals surface area (Å²) in [7, 11) is 0. The Kier molecular flexibility index (Phi) is 5.04. The van der Waals surface area contributed by atoms with Gasteiger partial charge in [0.1, 0.15) is 0 Å². The Bertz CT molecular complexity index is 690. The Morgan fingerprint density at radius 3 is 2.67 bits per heavy atom. The molecule has 2 aromatic rings. The summed E-state index contributed by atoms with van der Waals surface area (Å²) in [6.45, 7) is 8.08. The lowest BCUT2D eigenvalue weighted by Crippen LogP contribution is -2.52. The van der Waals surface area contributed by atoms with Crippen molar-refractivity contribution >= 4 is 0 Å². The summed E-state index contributed by atoms with van der Waals surface area (Å²) in [4.78, 5) is 0. The van der Waals surface area contributed by atoms with Crippen molar-refractivity contribution in [3.05, 3.63) is 47.3 Å². The van der Waals surface area contributed by atoms with Gasteiger partial charge in [-0.05, 0) is 38.5 Å². The lowest BCUT2D eigenvalue weighted by molar-refractivity contribution is -0.0819. The lowest BCUT2D eigenvalue weighted by Gasteiger charge is -2.37. The highest BCUT2D eigenvalue weighted by atomic mass is 16.5. The third kappa shape index (κ3) is 3.53. The lowest BCUT2D eigenvalue weighted by atomic mass is 9.87. The SMILES string of the molecule is Cc1cc(C)n(-c2ccccc2CNC(C)C2(O)CCOCC2)n1. The van der Waals surface area contributed by atoms with E-state index < -0.39 is 5.60 Å². The molecular formula is C19H27N3O2. The number of nitrogens with zero attached hydrogens (tertiary/aromatic N) is 2. The summed E-state index contributed by atoms with van der Waals surface area (Å²) in [6, 6.07) is 10.4. The number of benzene rings is 1. The third-order valence-electron chi connectivity index (χ3n) is 4.99. The van der Waals surface area contributed by atoms with Gasteiger partial charge < -0.3 is 15.2 Å². The highest BCUT2D eigenvalue weighted by Gasteiger charge is 2.35. The molecule has 1 aromatic carbocycles. The summed E-state index contributed by atoms with van der Waals surface area (Å²) in [5.74, 6) is 0. The molecule has 130 valence electrons. The average molecular weight is 329 g/mol. The zero-order valence-electron chi connectivity index (χ0n) is 14.7. The number of nitrogens with one attached hydrogen (secondary N) is 1. The van der Waals surface area contributed by atoms with Crippen LogP contribution in [0.1, 0.15) is 36.7 Å². The molecule has 3 rings (SSSR count). The van der Waals surface area contributed by atoms with Gasteiger partial charge in [0.05, 0.1) is 17.0 Å². The first kappa shape index (κ1) is 17.1. The van der Waals surface area contributed by atoms with Gasteiger partial charge in [-0.15, -0.1) is 0 Å². The molecular weight excluding hydrogens is 302 g/mol. The molecule has 1 atom stereocenters. The van der Waals surface area contributed by atoms with Crippen molar-refractivity contribution < 1.29 is 9.84 Å². The Hall–Kier alpha value is -1.69. The number of hydrogen-bond acceptors (Lipinski definition) is 4. The predicted octanol–water partition coefficient (Wildman–Crippen LogP) is 2.51. The molecule has 0 aliphatic carbocycles. The summed E-state index contributed by atoms with van der Waals surface area (Å²) < 4.78 is 7.36. The van der Waals surface area contributed by atoms with Crippen LogP contribution in [0, 0.1) is 13.8 Å². The highest BCUT2D eigenvalue weighted by molar-refractivity contribution is 5.41. The summed E-state index contributed by atoms with van der Waals surface area (Å²) in [5.41, 5.74) is 3.70. The molecule has 1 fully saturated rings. The van der Waals surface area contributed by atoms with Crippen LogP contribution in [-0.2, 0) is 11.3 Å². The fraction of sp³-hybridized carbons (Fsp3) is 0.526. The monoisotopic (exact) mass is 329 g/mol. The van der Waals surface area contributed by atoms with Gasteiger partial charge in [0.15, 0.2) is 0 Å². The second kappa shape index (κ2) is 7.05. The van der Waals surface area contributed by atoms with Crippen molar-refractivity contribution in [2.45, 2.75) is 51.8 Å². The summed E-state index contributed by atoms with van der Waals surface area (Å²) >= 11 is 0. The minimum absolute atomic E-state index is 0.00918. The number of aromatic nitrogens is 2. The highest BCUT2D eigenvalue weighted by Crippen LogP contribution is 2.25. The molecule has 1 aromatic heterocycles. The first-order chi connectivity index (χ1) is 11.5. The van der Waals surface area contributed by atoms with Gasteiger partial charge in [-0.3, -0.25) is 0 Å². The van der Waals surface area contributed by atoms with Crippen LogP contribution in [-0.4, -0.2) is 39.7 Å². The smallest absolute Gasteiger partial charge is 0.0841 e. The largest absolute Gasteiger partial charge is 0.388 e. The molecule has 0 amide bonds. The van der Waals surface area contributed by atoms with Crippen molar-refractivity contribution in [1.29, 1.82) is 0 Å². The molecule has 2 heterocycles. The third-order valence-corrected chi connectivity index (χ3v) is 4.99. The zero-order chi connectivity index (χ0) is 17.2. The Morgan fingerprint density at radius 2 is 2.00 bits per heavy atom. The maximum absolute atomic E-state index is 10.8. The molecule has 0 bridgehead atoms. The van der Waals surface area contributed by atoms with Crippen LogP contribution >= 0.6 is 0 Å². The first-order valence-electron chi connectivity index (χ1n) is 8.65. The Labute approximate surface area is 143 Å². The minimum Gasteiger partial charge on any atom is -0.388 e. The molecule has 1 saturated heterocycles. The molecule has 1 aliphatic heterocycles. The van der Waals surface area contributed by atoms with Crippen LogP contribution < -0.4 is 5.32 Å². The van der Waals surface area contributed by atoms with Crippen LogP contribution in [0.5, 0.6) is 0 Å². The molecule has 0 spiro atoms. The van der Waals surface area contributed by atoms with Crippen LogP contribution in [0.2, 0.25) is 0 Å². The van der Waals surface area contributed by atoms with Crippen molar-refractivity contribution in [2.75, 3.05) is 13.2 Å². The second-order valence-electron chi connectivity index (χ2n) is 6.79. The number of para-hydroxylation sites is 1. The van der Waals surface area contributed by atoms with E-state index in [-0.39, 0.29) is 6.04 Å². The fourth-order valence-corrected chi connectivity index (χ4v) is 3.35. The topological polar surface area (TPSA) is 59.3 Å². The van der Waals surface area contributed by atoms with E-state index in [0.717, 1.165) is 17.1 Å². The second-order valence-corrected chi connectivity index (χ2v) is 6.79. The molecule has 24 heavy (non-hydrogen) atoms. The van der Waals surface area contributed by atoms with Crippen LogP contribution in [0.3, 0.4) is 0 Å². The van der Waals surface area contributed by atoms with E-state index in [1.165, 1.54) is 5.56 Å². The van der Waals surface area contributed by atoms with Gasteiger partial charge in [-0.2, -0.15) is 5.10 Å². The Morgan fingerprint density at radius 1 is 1.29 bits per heavy atom. The number of ether oxygens (including phenoxy) is 1. The van der Waals surface area contributed by atoms with E-state index in [4.69, 9.17) is 4.74 Å². The van der Waals surface area contributed by atoms with E-state index in [0.29, 0.717) is 32.6 Å². The molecule has 5 heteroatoms. The number of aryl methyl sites for hydroxylation is 2. The van der Waals surface area contributed by atoms with Crippen LogP contribution in [0.15, 0.2) is 30.3 Å². The molecule has 1 aliphatic rings. The quantitative estimate of drug-likeness (QED) is 0.885. The van der Waals surface area contributed by atoms with Gasteiger partial charge in [-0.25, -0.2) is 4.68 Å². The standard InChI is InChI=1S/C19H27N3O2/c1-14-12-15(2)22(21-14)18-7-5-4-6-17(18)13-20-16(3)19(23)8-10-24-11-9-19/h4-7,12,16,20,23H,8-11,13H2,1-3H3. The van der Waals surface area contributed by atoms with E-state index >= 15 is 0 Å². The maximum Gasteiger partial charge on any atom is 0.0841 e. The normalized spacial score (nSPS) is 18.5. The van der Waals surface area contributed by atoms with E-state index in [1.54, 1.807) is 0 Å². The summed E-state index contributed by atoms with van der Waals surface area (Å²) in [6.07, 6.45) is 1.36. The number of hydrogen-bond donors (Lipinski definition) is 2. The first-order valence-corrected chi connectivity index (χ1v) is 8.65. The van der Waals surface area contributed by atoms with Gasteiger partial charge in [-0.1, -0.05) is 18.2 Å². The van der Waals surface area contributed by atoms with Crippen molar-refractivity contribution in [3.8, 4) is 5.69 Å². The van der Waals surface area contributed by atoms with Crippen LogP contribution in [0.25, 0.3) is 5.69 Å². The van der Waals surface area contributed by atoms with Crippen molar-refractivity contribution in [3.63, 3.8) is 0 Å². The van der Waals surface area contributed by atoms with Gasteiger partial charge >= 0.3 is 0 Å². The molecule has 0 saturated carbocycles. The molecule has 1 unspecified atom stereocenters. The molecule has 2 N–H and O–H groups in total. The molecule has 5 nitrogen and oxygen atoms in total.